The molecule has 0 atom stereocenters. The van der Waals surface area contributed by atoms with E-state index in [4.69, 9.17) is 0 Å². The van der Waals surface area contributed by atoms with Crippen molar-refractivity contribution in [3.8, 4) is 0 Å². The maximum atomic E-state index is 2.46. The van der Waals surface area contributed by atoms with Crippen LogP contribution in [0.1, 0.15) is 41.5 Å². The summed E-state index contributed by atoms with van der Waals surface area (Å²) in [6.07, 6.45) is 9.20. The zero-order chi connectivity index (χ0) is 24.5. The summed E-state index contributed by atoms with van der Waals surface area (Å²) in [7, 11) is 0. The van der Waals surface area contributed by atoms with Gasteiger partial charge in [-0.1, -0.05) is 26.0 Å². The van der Waals surface area contributed by atoms with Crippen molar-refractivity contribution in [2.45, 2.75) is 47.6 Å². The van der Waals surface area contributed by atoms with E-state index in [9.17, 15) is 0 Å². The first-order chi connectivity index (χ1) is 16.6. The summed E-state index contributed by atoms with van der Waals surface area (Å²) in [5.74, 6) is 0. The van der Waals surface area contributed by atoms with Crippen molar-refractivity contribution in [1.82, 2.24) is 9.48 Å². The smallest absolute Gasteiger partial charge is 1.00 e. The van der Waals surface area contributed by atoms with Gasteiger partial charge in [0.2, 0.25) is 17.1 Å². The number of likely N-dealkylation sites (N-methyl/N-ethyl adjacent to an activating group) is 1. The number of hydrogen-bond donors (Lipinski definition) is 0. The molecule has 230 valence electrons. The van der Waals surface area contributed by atoms with Crippen molar-refractivity contribution < 1.29 is 28.2 Å². The van der Waals surface area contributed by atoms with Crippen LogP contribution in [0, 0.1) is 0 Å². The van der Waals surface area contributed by atoms with Crippen molar-refractivity contribution in [3.63, 3.8) is 0 Å². The third-order valence-electron chi connectivity index (χ3n) is 6.89. The van der Waals surface area contributed by atoms with Crippen LogP contribution in [0.15, 0.2) is 72.8 Å². The van der Waals surface area contributed by atoms with Gasteiger partial charge in [0.05, 0.1) is 0 Å². The fourth-order valence-electron chi connectivity index (χ4n) is 4.80. The molecule has 4 nitrogen and oxygen atoms in total. The van der Waals surface area contributed by atoms with Crippen molar-refractivity contribution >= 4 is 52.9 Å². The Bertz CT molecular complexity index is 931. The minimum atomic E-state index is 0. The maximum absolute atomic E-state index is 2.46. The molecule has 0 heterocycles. The van der Waals surface area contributed by atoms with Crippen LogP contribution in [-0.2, 0) is 0 Å². The van der Waals surface area contributed by atoms with Gasteiger partial charge < -0.3 is 38.0 Å². The van der Waals surface area contributed by atoms with Gasteiger partial charge >= 0.3 is 24.4 Å². The third-order valence-corrected chi connectivity index (χ3v) is 6.89. The van der Waals surface area contributed by atoms with Crippen LogP contribution in [-0.4, -0.2) is 80.3 Å². The number of hydrogen-bond acceptors (Lipinski definition) is 3. The number of benzene rings is 2. The van der Waals surface area contributed by atoms with Crippen LogP contribution >= 0.6 is 0 Å². The molecule has 0 spiro atoms. The van der Waals surface area contributed by atoms with Gasteiger partial charge in [-0.2, -0.15) is 4.58 Å². The summed E-state index contributed by atoms with van der Waals surface area (Å²) in [4.78, 5) is 7.23. The minimum absolute atomic E-state index is 0. The van der Waals surface area contributed by atoms with Gasteiger partial charge in [-0.25, -0.2) is 0 Å². The fourth-order valence-corrected chi connectivity index (χ4v) is 4.80. The van der Waals surface area contributed by atoms with E-state index in [0.717, 1.165) is 39.3 Å². The van der Waals surface area contributed by atoms with Gasteiger partial charge in [-0.05, 0) is 65.0 Å². The van der Waals surface area contributed by atoms with Crippen molar-refractivity contribution in [3.05, 3.63) is 72.8 Å². The summed E-state index contributed by atoms with van der Waals surface area (Å²) >= 11 is 0. The molecular weight excluding hydrogens is 652 g/mol. The predicted octanol–water partition coefficient (Wildman–Crippen LogP) is -11.9. The van der Waals surface area contributed by atoms with Crippen molar-refractivity contribution in [2.75, 3.05) is 49.1 Å². The topological polar surface area (TPSA) is 12.7 Å². The first-order valence-corrected chi connectivity index (χ1v) is 13.1. The second kappa shape index (κ2) is 24.2. The molecule has 2 aromatic rings. The average molecular weight is 695 g/mol. The van der Waals surface area contributed by atoms with E-state index in [-0.39, 0.29) is 52.7 Å². The van der Waals surface area contributed by atoms with E-state index < -0.39 is 0 Å². The van der Waals surface area contributed by atoms with Crippen molar-refractivity contribution in [2.24, 2.45) is 0 Å². The minimum Gasteiger partial charge on any atom is -1.00 e. The fraction of sp³-hybridized carbons (Fsp3) is 0.433. The summed E-state index contributed by atoms with van der Waals surface area (Å²) < 4.78 is 2.36. The summed E-state index contributed by atoms with van der Waals surface area (Å²) in [6, 6.07) is 18.3. The number of allylic oxidation sites excluding steroid dienone is 2. The number of halogens is 6. The number of nitrogens with zero attached hydrogens (tertiary/aromatic N) is 4. The normalized spacial score (nSPS) is 12.6. The van der Waals surface area contributed by atoms with Crippen LogP contribution < -0.4 is 42.6 Å². The molecule has 0 saturated heterocycles. The average Bonchev–Trinajstić information content (AvgIpc) is 2.89. The molecule has 0 amide bonds. The van der Waals surface area contributed by atoms with E-state index in [1.807, 2.05) is 0 Å². The van der Waals surface area contributed by atoms with Crippen LogP contribution in [0.5, 0.6) is 0 Å². The van der Waals surface area contributed by atoms with Crippen LogP contribution in [0.3, 0.4) is 0 Å². The summed E-state index contributed by atoms with van der Waals surface area (Å²) in [6.45, 7) is 19.5. The van der Waals surface area contributed by atoms with E-state index in [1.165, 1.54) is 28.5 Å². The Labute approximate surface area is 259 Å². The zero-order valence-corrected chi connectivity index (χ0v) is 27.3. The quantitative estimate of drug-likeness (QED) is 0.132. The van der Waals surface area contributed by atoms with E-state index >= 15 is 0 Å². The van der Waals surface area contributed by atoms with Gasteiger partial charge in [0.1, 0.15) is 0 Å². The Kier molecular flexibility index (Phi) is 28.5. The molecule has 1 aliphatic rings. The Hall–Kier alpha value is -2.45. The monoisotopic (exact) mass is 694 g/mol. The van der Waals surface area contributed by atoms with Gasteiger partial charge in [-0.15, -0.1) is 0 Å². The standard InChI is InChI=1S/C30H43N4.6FH.Sb/c1-7-31(8-2)25-13-19-28(20-14-25)34(29-21-15-26(16-22-29)32(9-3)10-4)30-23-17-27(18-24-30)33(11-5)12-6;;;;;;;/h13-25H,7-12H2,1-6H3;6*1H;/q+1;;;;;;;+5/p-6. The second-order valence-corrected chi connectivity index (χ2v) is 8.57. The zero-order valence-electron chi connectivity index (χ0n) is 24.8. The SMILES string of the molecule is CCN(CC)c1ccc([N+](=C2C=CC(N(CC)CC)C=C2)c2ccc(N(CC)CC)cc2)cc1.[F-].[F-].[F-].[F-].[F-].[F-].[Sb+5]. The molecule has 1 aliphatic carbocycles. The molecule has 3 rings (SSSR count). The molecule has 0 N–H and O–H groups in total. The molecule has 11 heteroatoms. The first kappa shape index (κ1) is 48.3. The Morgan fingerprint density at radius 2 is 0.829 bits per heavy atom. The Balaban J connectivity index is -0.000000617. The Morgan fingerprint density at radius 1 is 0.512 bits per heavy atom. The van der Waals surface area contributed by atoms with E-state index in [2.05, 4.69) is 134 Å². The molecule has 41 heavy (non-hydrogen) atoms. The predicted molar refractivity (Wildman–Crippen MR) is 157 cm³/mol. The summed E-state index contributed by atoms with van der Waals surface area (Å²) in [5.41, 5.74) is 6.09. The van der Waals surface area contributed by atoms with Crippen LogP contribution in [0.25, 0.3) is 0 Å². The maximum Gasteiger partial charge on any atom is 5.00 e. The molecule has 0 unspecified atom stereocenters. The summed E-state index contributed by atoms with van der Waals surface area (Å²) in [5, 5.41) is 0. The van der Waals surface area contributed by atoms with Gasteiger partial charge in [0.15, 0.2) is 0 Å². The molecule has 0 saturated carbocycles. The van der Waals surface area contributed by atoms with E-state index in [1.54, 1.807) is 0 Å². The van der Waals surface area contributed by atoms with Gasteiger partial charge in [-0.3, -0.25) is 4.90 Å². The number of rotatable bonds is 11. The van der Waals surface area contributed by atoms with Crippen LogP contribution in [0.2, 0.25) is 0 Å². The largest absolute Gasteiger partial charge is 5.00 e. The van der Waals surface area contributed by atoms with Gasteiger partial charge in [0.25, 0.3) is 0 Å². The number of anilines is 2. The molecule has 0 fully saturated rings. The third kappa shape index (κ3) is 11.7. The Morgan fingerprint density at radius 3 is 1.10 bits per heavy atom. The molecule has 2 aromatic carbocycles. The van der Waals surface area contributed by atoms with Crippen molar-refractivity contribution in [1.29, 1.82) is 0 Å². The molecule has 0 bridgehead atoms. The second-order valence-electron chi connectivity index (χ2n) is 8.57. The molecular formula is C30H43F6N4Sb. The molecule has 0 aliphatic heterocycles. The molecule has 0 aromatic heterocycles. The first-order valence-electron chi connectivity index (χ1n) is 13.1. The van der Waals surface area contributed by atoms with Gasteiger partial charge in [0, 0.05) is 80.0 Å². The van der Waals surface area contributed by atoms with E-state index in [0.29, 0.717) is 6.04 Å². The van der Waals surface area contributed by atoms with Crippen LogP contribution in [0.4, 0.5) is 22.7 Å². The molecule has 0 radical (unpaired) electrons.